The fourth-order valence-corrected chi connectivity index (χ4v) is 6.03. The van der Waals surface area contributed by atoms with E-state index < -0.39 is 24.4 Å². The standard InChI is InChI=1S/C22H19Cl2NO5/c1-9(22(29)30-8-17(26)13-3-2-10(23)6-16(13)24)25-20(27)18-11-4-5-12(15-7-14(11)15)19(18)21(25)28/h2-6,9,11-12,14-15,18-19H,7-8H2,1H3/t9-,11+,12+,14+,15+,18-,19+/m1/s1. The first-order valence-electron chi connectivity index (χ1n) is 9.99. The van der Waals surface area contributed by atoms with E-state index in [1.54, 1.807) is 0 Å². The minimum Gasteiger partial charge on any atom is -0.456 e. The fraction of sp³-hybridized carbons (Fsp3) is 0.455. The lowest BCUT2D eigenvalue weighted by molar-refractivity contribution is -0.157. The molecule has 1 aromatic rings. The van der Waals surface area contributed by atoms with Gasteiger partial charge in [-0.3, -0.25) is 19.3 Å². The molecule has 8 heteroatoms. The van der Waals surface area contributed by atoms with Crippen LogP contribution in [0, 0.1) is 35.5 Å². The van der Waals surface area contributed by atoms with Gasteiger partial charge in [-0.05, 0) is 55.2 Å². The zero-order valence-electron chi connectivity index (χ0n) is 16.1. The van der Waals surface area contributed by atoms with Crippen LogP contribution in [-0.2, 0) is 19.1 Å². The van der Waals surface area contributed by atoms with E-state index in [0.717, 1.165) is 11.3 Å². The molecule has 2 amide bonds. The molecule has 0 radical (unpaired) electrons. The molecule has 0 aromatic heterocycles. The molecular formula is C22H19Cl2NO5. The molecule has 0 unspecified atom stereocenters. The van der Waals surface area contributed by atoms with Crippen LogP contribution >= 0.6 is 23.2 Å². The van der Waals surface area contributed by atoms with E-state index in [4.69, 9.17) is 27.9 Å². The largest absolute Gasteiger partial charge is 0.456 e. The van der Waals surface area contributed by atoms with Gasteiger partial charge in [-0.25, -0.2) is 4.79 Å². The van der Waals surface area contributed by atoms with Gasteiger partial charge in [0.05, 0.1) is 16.9 Å². The van der Waals surface area contributed by atoms with Gasteiger partial charge in [0.15, 0.2) is 6.61 Å². The number of Topliss-reactive ketones (excluding diaryl/α,β-unsaturated/α-hetero) is 1. The third-order valence-electron chi connectivity index (χ3n) is 7.00. The van der Waals surface area contributed by atoms with Crippen LogP contribution < -0.4 is 0 Å². The second-order valence-corrected chi connectivity index (χ2v) is 9.38. The van der Waals surface area contributed by atoms with Crippen molar-refractivity contribution in [2.75, 3.05) is 6.61 Å². The van der Waals surface area contributed by atoms with E-state index >= 15 is 0 Å². The number of likely N-dealkylation sites (tertiary alicyclic amines) is 1. The summed E-state index contributed by atoms with van der Waals surface area (Å²) in [7, 11) is 0. The molecule has 6 nitrogen and oxygen atoms in total. The number of hydrogen-bond donors (Lipinski definition) is 0. The van der Waals surface area contributed by atoms with Crippen LogP contribution in [0.25, 0.3) is 0 Å². The van der Waals surface area contributed by atoms with Crippen LogP contribution in [0.5, 0.6) is 0 Å². The summed E-state index contributed by atoms with van der Waals surface area (Å²) in [5, 5.41) is 0.544. The van der Waals surface area contributed by atoms with Crippen LogP contribution in [0.1, 0.15) is 23.7 Å². The highest BCUT2D eigenvalue weighted by Gasteiger charge is 2.67. The molecule has 1 heterocycles. The highest BCUT2D eigenvalue weighted by Crippen LogP contribution is 2.65. The Hall–Kier alpha value is -2.18. The Kier molecular flexibility index (Phi) is 4.56. The summed E-state index contributed by atoms with van der Waals surface area (Å²) in [5.41, 5.74) is 0.183. The maximum atomic E-state index is 13.1. The monoisotopic (exact) mass is 447 g/mol. The fourth-order valence-electron chi connectivity index (χ4n) is 5.52. The van der Waals surface area contributed by atoms with Crippen molar-refractivity contribution in [2.24, 2.45) is 35.5 Å². The normalized spacial score (nSPS) is 33.9. The number of esters is 1. The van der Waals surface area contributed by atoms with Crippen LogP contribution in [0.15, 0.2) is 30.4 Å². The number of carbonyl (C=O) groups is 4. The average molecular weight is 448 g/mol. The number of carbonyl (C=O) groups excluding carboxylic acids is 4. The van der Waals surface area contributed by atoms with Gasteiger partial charge < -0.3 is 4.74 Å². The number of rotatable bonds is 5. The number of imide groups is 1. The number of hydrogen-bond acceptors (Lipinski definition) is 5. The van der Waals surface area contributed by atoms with Crippen LogP contribution in [-0.4, -0.2) is 41.1 Å². The van der Waals surface area contributed by atoms with Gasteiger partial charge in [0, 0.05) is 10.6 Å². The number of nitrogens with zero attached hydrogens (tertiary/aromatic N) is 1. The van der Waals surface area contributed by atoms with Crippen molar-refractivity contribution in [1.29, 1.82) is 0 Å². The number of ether oxygens (including phenoxy) is 1. The Morgan fingerprint density at radius 3 is 2.27 bits per heavy atom. The second kappa shape index (κ2) is 6.92. The second-order valence-electron chi connectivity index (χ2n) is 8.53. The maximum Gasteiger partial charge on any atom is 0.329 e. The summed E-state index contributed by atoms with van der Waals surface area (Å²) >= 11 is 11.8. The van der Waals surface area contributed by atoms with Gasteiger partial charge in [0.1, 0.15) is 6.04 Å². The van der Waals surface area contributed by atoms with Gasteiger partial charge in [0.2, 0.25) is 17.6 Å². The summed E-state index contributed by atoms with van der Waals surface area (Å²) in [4.78, 5) is 52.1. The minimum absolute atomic E-state index is 0.0864. The quantitative estimate of drug-likeness (QED) is 0.299. The highest BCUT2D eigenvalue weighted by molar-refractivity contribution is 6.36. The molecule has 4 aliphatic carbocycles. The van der Waals surface area contributed by atoms with Crippen LogP contribution in [0.2, 0.25) is 10.0 Å². The Bertz CT molecular complexity index is 985. The molecule has 6 rings (SSSR count). The van der Waals surface area contributed by atoms with E-state index in [1.165, 1.54) is 25.1 Å². The zero-order valence-corrected chi connectivity index (χ0v) is 17.6. The topological polar surface area (TPSA) is 80.8 Å². The maximum absolute atomic E-state index is 13.1. The lowest BCUT2D eigenvalue weighted by atomic mass is 9.63. The molecule has 30 heavy (non-hydrogen) atoms. The average Bonchev–Trinajstić information content (AvgIpc) is 3.49. The Morgan fingerprint density at radius 1 is 1.10 bits per heavy atom. The van der Waals surface area contributed by atoms with Crippen LogP contribution in [0.3, 0.4) is 0 Å². The van der Waals surface area contributed by atoms with Crippen molar-refractivity contribution < 1.29 is 23.9 Å². The smallest absolute Gasteiger partial charge is 0.329 e. The van der Waals surface area contributed by atoms with Crippen molar-refractivity contribution in [2.45, 2.75) is 19.4 Å². The summed E-state index contributed by atoms with van der Waals surface area (Å²) in [6.07, 6.45) is 5.22. The van der Waals surface area contributed by atoms with Crippen LogP contribution in [0.4, 0.5) is 0 Å². The van der Waals surface area contributed by atoms with Gasteiger partial charge in [-0.2, -0.15) is 0 Å². The van der Waals surface area contributed by atoms with E-state index in [0.29, 0.717) is 16.9 Å². The first kappa shape index (κ1) is 19.8. The third kappa shape index (κ3) is 2.84. The van der Waals surface area contributed by atoms with E-state index in [9.17, 15) is 19.2 Å². The minimum atomic E-state index is -1.08. The molecule has 0 spiro atoms. The number of halogens is 2. The molecule has 1 saturated heterocycles. The molecule has 2 bridgehead atoms. The molecule has 0 N–H and O–H groups in total. The molecule has 7 atom stereocenters. The van der Waals surface area contributed by atoms with Crippen molar-refractivity contribution in [1.82, 2.24) is 4.90 Å². The SMILES string of the molecule is C[C@H](C(=O)OCC(=O)c1ccc(Cl)cc1Cl)N1C(=O)[C@@H]2[C@H]3C=C[C@@H]([C@@H]4C[C@@H]34)[C@@H]2C1=O. The van der Waals surface area contributed by atoms with Crippen molar-refractivity contribution in [3.8, 4) is 0 Å². The van der Waals surface area contributed by atoms with Gasteiger partial charge in [-0.1, -0.05) is 35.4 Å². The number of ketones is 1. The lowest BCUT2D eigenvalue weighted by Crippen LogP contribution is -2.45. The molecule has 3 fully saturated rings. The Balaban J connectivity index is 1.27. The Morgan fingerprint density at radius 2 is 1.70 bits per heavy atom. The summed E-state index contributed by atoms with van der Waals surface area (Å²) < 4.78 is 5.13. The molecule has 2 saturated carbocycles. The number of allylic oxidation sites excluding steroid dienone is 2. The van der Waals surface area contributed by atoms with Gasteiger partial charge in [0.25, 0.3) is 0 Å². The predicted octanol–water partition coefficient (Wildman–Crippen LogP) is 3.16. The highest BCUT2D eigenvalue weighted by atomic mass is 35.5. The van der Waals surface area contributed by atoms with E-state index in [1.807, 2.05) is 0 Å². The lowest BCUT2D eigenvalue weighted by Gasteiger charge is -2.37. The number of amides is 2. The summed E-state index contributed by atoms with van der Waals surface area (Å²) in [6, 6.07) is 3.31. The van der Waals surface area contributed by atoms with E-state index in [-0.39, 0.29) is 46.1 Å². The van der Waals surface area contributed by atoms with Crippen molar-refractivity contribution in [3.63, 3.8) is 0 Å². The summed E-state index contributed by atoms with van der Waals surface area (Å²) in [5.74, 6) is -1.48. The molecule has 5 aliphatic rings. The molecule has 156 valence electrons. The van der Waals surface area contributed by atoms with Crippen molar-refractivity contribution in [3.05, 3.63) is 46.0 Å². The molecule has 1 aromatic carbocycles. The third-order valence-corrected chi connectivity index (χ3v) is 7.55. The van der Waals surface area contributed by atoms with Gasteiger partial charge >= 0.3 is 5.97 Å². The number of benzene rings is 1. The Labute approximate surface area is 183 Å². The van der Waals surface area contributed by atoms with Crippen molar-refractivity contribution >= 4 is 46.8 Å². The first-order valence-corrected chi connectivity index (χ1v) is 10.8. The first-order chi connectivity index (χ1) is 14.3. The summed E-state index contributed by atoms with van der Waals surface area (Å²) in [6.45, 7) is 0.926. The van der Waals surface area contributed by atoms with E-state index in [2.05, 4.69) is 12.2 Å². The zero-order chi connectivity index (χ0) is 21.3. The molecule has 1 aliphatic heterocycles. The molecular weight excluding hydrogens is 429 g/mol. The van der Waals surface area contributed by atoms with Gasteiger partial charge in [-0.15, -0.1) is 0 Å². The predicted molar refractivity (Wildman–Crippen MR) is 108 cm³/mol.